The summed E-state index contributed by atoms with van der Waals surface area (Å²) in [5.41, 5.74) is 2.10. The van der Waals surface area contributed by atoms with Crippen LogP contribution in [0.25, 0.3) is 0 Å². The monoisotopic (exact) mass is 350 g/mol. The molecular formula is C14H15BrN4S. The van der Waals surface area contributed by atoms with E-state index in [-0.39, 0.29) is 0 Å². The Kier molecular flexibility index (Phi) is 5.31. The van der Waals surface area contributed by atoms with Crippen LogP contribution in [0.3, 0.4) is 0 Å². The van der Waals surface area contributed by atoms with Gasteiger partial charge in [-0.2, -0.15) is 5.10 Å². The van der Waals surface area contributed by atoms with E-state index in [2.05, 4.69) is 50.4 Å². The minimum atomic E-state index is 0.587. The Hall–Kier alpha value is -1.66. The fraction of sp³-hybridized carbons (Fsp3) is 0.143. The third kappa shape index (κ3) is 4.47. The van der Waals surface area contributed by atoms with Gasteiger partial charge in [0.25, 0.3) is 0 Å². The molecule has 4 nitrogen and oxygen atoms in total. The highest BCUT2D eigenvalue weighted by molar-refractivity contribution is 9.10. The zero-order valence-corrected chi connectivity index (χ0v) is 13.2. The maximum Gasteiger partial charge on any atom is 0.171 e. The molecule has 2 aromatic rings. The molecule has 104 valence electrons. The summed E-state index contributed by atoms with van der Waals surface area (Å²) in [7, 11) is 0. The number of aromatic nitrogens is 2. The maximum atomic E-state index is 5.18. The van der Waals surface area contributed by atoms with Crippen molar-refractivity contribution in [1.82, 2.24) is 15.1 Å². The summed E-state index contributed by atoms with van der Waals surface area (Å²) in [6.07, 6.45) is 5.48. The summed E-state index contributed by atoms with van der Waals surface area (Å²) < 4.78 is 2.85. The van der Waals surface area contributed by atoms with Gasteiger partial charge in [0.05, 0.1) is 17.2 Å². The van der Waals surface area contributed by atoms with Gasteiger partial charge in [0.1, 0.15) is 0 Å². The lowest BCUT2D eigenvalue weighted by Crippen LogP contribution is -2.28. The van der Waals surface area contributed by atoms with Crippen molar-refractivity contribution in [3.8, 4) is 0 Å². The third-order valence-corrected chi connectivity index (χ3v) is 3.19. The van der Waals surface area contributed by atoms with E-state index in [4.69, 9.17) is 12.2 Å². The quantitative estimate of drug-likeness (QED) is 0.641. The molecule has 0 aliphatic heterocycles. The van der Waals surface area contributed by atoms with Crippen LogP contribution in [0, 0.1) is 0 Å². The first-order chi connectivity index (χ1) is 9.67. The van der Waals surface area contributed by atoms with Crippen LogP contribution < -0.4 is 10.6 Å². The average molecular weight is 351 g/mol. The normalized spacial score (nSPS) is 10.1. The van der Waals surface area contributed by atoms with E-state index in [9.17, 15) is 0 Å². The summed E-state index contributed by atoms with van der Waals surface area (Å²) in [5, 5.41) is 11.0. The number of anilines is 1. The van der Waals surface area contributed by atoms with Gasteiger partial charge in [-0.05, 0) is 45.8 Å². The predicted molar refractivity (Wildman–Crippen MR) is 89.9 cm³/mol. The van der Waals surface area contributed by atoms with Crippen LogP contribution >= 0.6 is 28.1 Å². The van der Waals surface area contributed by atoms with Gasteiger partial charge in [-0.3, -0.25) is 4.68 Å². The minimum absolute atomic E-state index is 0.587. The van der Waals surface area contributed by atoms with Crippen molar-refractivity contribution in [3.63, 3.8) is 0 Å². The highest BCUT2D eigenvalue weighted by atomic mass is 79.9. The highest BCUT2D eigenvalue weighted by Gasteiger charge is 2.01. The van der Waals surface area contributed by atoms with Crippen molar-refractivity contribution < 1.29 is 0 Å². The van der Waals surface area contributed by atoms with Crippen LogP contribution in [0.15, 0.2) is 53.8 Å². The molecule has 0 unspecified atom stereocenters. The number of nitrogens with one attached hydrogen (secondary N) is 2. The average Bonchev–Trinajstić information content (AvgIpc) is 2.82. The zero-order valence-electron chi connectivity index (χ0n) is 10.8. The van der Waals surface area contributed by atoms with Gasteiger partial charge in [0.2, 0.25) is 0 Å². The summed E-state index contributed by atoms with van der Waals surface area (Å²) >= 11 is 8.57. The van der Waals surface area contributed by atoms with E-state index in [1.165, 1.54) is 0 Å². The molecule has 6 heteroatoms. The van der Waals surface area contributed by atoms with Crippen molar-refractivity contribution in [3.05, 3.63) is 59.4 Å². The molecule has 2 N–H and O–H groups in total. The molecule has 2 rings (SSSR count). The Morgan fingerprint density at radius 1 is 1.50 bits per heavy atom. The number of benzene rings is 1. The lowest BCUT2D eigenvalue weighted by Gasteiger charge is -2.10. The van der Waals surface area contributed by atoms with Gasteiger partial charge in [-0.1, -0.05) is 18.2 Å². The number of thiocarbonyl (C=S) groups is 1. The lowest BCUT2D eigenvalue weighted by molar-refractivity contribution is 0.687. The first-order valence-electron chi connectivity index (χ1n) is 6.10. The number of rotatable bonds is 5. The topological polar surface area (TPSA) is 41.9 Å². The SMILES string of the molecule is C=CCNC(=S)Nc1cccc(Cn2cc(Br)cn2)c1. The molecule has 1 aromatic carbocycles. The zero-order chi connectivity index (χ0) is 14.4. The number of nitrogens with zero attached hydrogens (tertiary/aromatic N) is 2. The first kappa shape index (κ1) is 14.7. The molecule has 1 heterocycles. The smallest absolute Gasteiger partial charge is 0.171 e. The molecule has 0 radical (unpaired) electrons. The second kappa shape index (κ2) is 7.21. The van der Waals surface area contributed by atoms with Gasteiger partial charge >= 0.3 is 0 Å². The standard InChI is InChI=1S/C14H15BrN4S/c1-2-6-16-14(20)18-13-5-3-4-11(7-13)9-19-10-12(15)8-17-19/h2-5,7-8,10H,1,6,9H2,(H2,16,18,20). The van der Waals surface area contributed by atoms with Gasteiger partial charge in [-0.25, -0.2) is 0 Å². The molecule has 1 aromatic heterocycles. The first-order valence-corrected chi connectivity index (χ1v) is 7.30. The number of hydrogen-bond donors (Lipinski definition) is 2. The van der Waals surface area contributed by atoms with Gasteiger partial charge in [-0.15, -0.1) is 6.58 Å². The second-order valence-electron chi connectivity index (χ2n) is 4.18. The van der Waals surface area contributed by atoms with Crippen molar-refractivity contribution in [1.29, 1.82) is 0 Å². The molecule has 0 bridgehead atoms. The lowest BCUT2D eigenvalue weighted by atomic mass is 10.2. The summed E-state index contributed by atoms with van der Waals surface area (Å²) in [6, 6.07) is 8.08. The predicted octanol–water partition coefficient (Wildman–Crippen LogP) is 3.17. The fourth-order valence-corrected chi connectivity index (χ4v) is 2.23. The largest absolute Gasteiger partial charge is 0.359 e. The van der Waals surface area contributed by atoms with Crippen molar-refractivity contribution in [2.45, 2.75) is 6.54 Å². The van der Waals surface area contributed by atoms with Crippen LogP contribution in [0.2, 0.25) is 0 Å². The highest BCUT2D eigenvalue weighted by Crippen LogP contribution is 2.13. The number of halogens is 1. The Bertz CT molecular complexity index is 609. The second-order valence-corrected chi connectivity index (χ2v) is 5.50. The Labute approximate surface area is 132 Å². The van der Waals surface area contributed by atoms with E-state index < -0.39 is 0 Å². The summed E-state index contributed by atoms with van der Waals surface area (Å²) in [5.74, 6) is 0. The molecule has 0 aliphatic carbocycles. The summed E-state index contributed by atoms with van der Waals surface area (Å²) in [4.78, 5) is 0. The van der Waals surface area contributed by atoms with E-state index in [0.29, 0.717) is 18.2 Å². The van der Waals surface area contributed by atoms with Crippen molar-refractivity contribution in [2.75, 3.05) is 11.9 Å². The van der Waals surface area contributed by atoms with Crippen LogP contribution in [0.5, 0.6) is 0 Å². The van der Waals surface area contributed by atoms with Crippen molar-refractivity contribution in [2.24, 2.45) is 0 Å². The number of hydrogen-bond acceptors (Lipinski definition) is 2. The molecule has 0 saturated heterocycles. The molecule has 0 amide bonds. The Morgan fingerprint density at radius 2 is 2.35 bits per heavy atom. The molecule has 0 atom stereocenters. The molecule has 0 fully saturated rings. The van der Waals surface area contributed by atoms with E-state index in [1.54, 1.807) is 12.3 Å². The van der Waals surface area contributed by atoms with Gasteiger partial charge < -0.3 is 10.6 Å². The van der Waals surface area contributed by atoms with E-state index in [0.717, 1.165) is 15.7 Å². The van der Waals surface area contributed by atoms with Crippen LogP contribution in [0.1, 0.15) is 5.56 Å². The van der Waals surface area contributed by atoms with E-state index in [1.807, 2.05) is 23.0 Å². The summed E-state index contributed by atoms with van der Waals surface area (Å²) in [6.45, 7) is 5.00. The van der Waals surface area contributed by atoms with Crippen LogP contribution in [0.4, 0.5) is 5.69 Å². The van der Waals surface area contributed by atoms with Gasteiger partial charge in [0.15, 0.2) is 5.11 Å². The third-order valence-electron chi connectivity index (χ3n) is 2.54. The van der Waals surface area contributed by atoms with E-state index >= 15 is 0 Å². The molecule has 0 spiro atoms. The maximum absolute atomic E-state index is 5.18. The molecule has 0 saturated carbocycles. The minimum Gasteiger partial charge on any atom is -0.359 e. The molecular weight excluding hydrogens is 336 g/mol. The van der Waals surface area contributed by atoms with Gasteiger partial charge in [0, 0.05) is 18.4 Å². The van der Waals surface area contributed by atoms with Crippen LogP contribution in [-0.2, 0) is 6.54 Å². The molecule has 20 heavy (non-hydrogen) atoms. The Balaban J connectivity index is 2.00. The Morgan fingerprint density at radius 3 is 3.05 bits per heavy atom. The van der Waals surface area contributed by atoms with Crippen molar-refractivity contribution >= 4 is 38.9 Å². The fourth-order valence-electron chi connectivity index (χ4n) is 1.70. The molecule has 0 aliphatic rings. The van der Waals surface area contributed by atoms with Crippen LogP contribution in [-0.4, -0.2) is 21.4 Å².